The summed E-state index contributed by atoms with van der Waals surface area (Å²) < 4.78 is 5.84. The van der Waals surface area contributed by atoms with Gasteiger partial charge >= 0.3 is 5.97 Å². The van der Waals surface area contributed by atoms with E-state index in [0.29, 0.717) is 0 Å². The number of carbonyl (C=O) groups is 1. The van der Waals surface area contributed by atoms with Gasteiger partial charge in [-0.05, 0) is 39.5 Å². The number of carbonyl (C=O) groups excluding carboxylic acids is 1. The Morgan fingerprint density at radius 1 is 1.12 bits per heavy atom. The molecule has 1 saturated carbocycles. The molecule has 0 aliphatic heterocycles. The van der Waals surface area contributed by atoms with Crippen molar-refractivity contribution in [2.24, 2.45) is 0 Å². The monoisotopic (exact) mass is 404 g/mol. The molecule has 4 nitrogen and oxygen atoms in total. The van der Waals surface area contributed by atoms with Crippen LogP contribution in [0.5, 0.6) is 0 Å². The summed E-state index contributed by atoms with van der Waals surface area (Å²) in [6.07, 6.45) is 5.81. The summed E-state index contributed by atoms with van der Waals surface area (Å²) in [5.74, 6) is -0.0670. The second kappa shape index (κ2) is 14.3. The van der Waals surface area contributed by atoms with Crippen LogP contribution in [-0.2, 0) is 9.53 Å². The number of nitrogens with two attached hydrogens (primary N) is 1. The van der Waals surface area contributed by atoms with Crippen LogP contribution >= 0.6 is 0 Å². The Balaban J connectivity index is 0.00000312. The highest BCUT2D eigenvalue weighted by atomic mass is 35.5. The normalized spacial score (nSPS) is 15.7. The van der Waals surface area contributed by atoms with E-state index in [-0.39, 0.29) is 42.9 Å². The minimum atomic E-state index is -0.233. The van der Waals surface area contributed by atoms with Crippen molar-refractivity contribution in [2.75, 3.05) is 26.2 Å². The summed E-state index contributed by atoms with van der Waals surface area (Å²) >= 11 is 0. The van der Waals surface area contributed by atoms with Gasteiger partial charge in [-0.15, -0.1) is 0 Å². The van der Waals surface area contributed by atoms with Gasteiger partial charge in [-0.25, -0.2) is 4.79 Å². The predicted molar refractivity (Wildman–Crippen MR) is 95.9 cm³/mol. The zero-order valence-electron chi connectivity index (χ0n) is 16.1. The Morgan fingerprint density at radius 2 is 1.73 bits per heavy atom. The number of nitrogens with one attached hydrogen (secondary N) is 1. The molecule has 0 saturated heterocycles. The summed E-state index contributed by atoms with van der Waals surface area (Å²) in [7, 11) is 0. The second-order valence-electron chi connectivity index (χ2n) is 6.82. The smallest absolute Gasteiger partial charge is 0.370 e. The molecule has 0 aromatic heterocycles. The van der Waals surface area contributed by atoms with E-state index in [4.69, 9.17) is 4.74 Å². The van der Waals surface area contributed by atoms with Gasteiger partial charge in [0.05, 0.1) is 13.1 Å². The first-order chi connectivity index (χ1) is 11.7. The first kappa shape index (κ1) is 25.2. The fourth-order valence-corrected chi connectivity index (χ4v) is 3.51. The number of halogens is 2. The van der Waals surface area contributed by atoms with Gasteiger partial charge in [0.15, 0.2) is 0 Å². The molecule has 1 unspecified atom stereocenters. The first-order valence-electron chi connectivity index (χ1n) is 9.66. The molecule has 1 aliphatic rings. The van der Waals surface area contributed by atoms with Crippen molar-refractivity contribution in [2.45, 2.75) is 58.1 Å². The van der Waals surface area contributed by atoms with Crippen LogP contribution in [0, 0.1) is 0 Å². The molecule has 1 aliphatic carbocycles. The third kappa shape index (κ3) is 8.26. The third-order valence-electron chi connectivity index (χ3n) is 5.15. The minimum absolute atomic E-state index is 0. The fourth-order valence-electron chi connectivity index (χ4n) is 3.51. The van der Waals surface area contributed by atoms with E-state index in [0.717, 1.165) is 44.6 Å². The molecule has 1 atom stereocenters. The number of quaternary nitrogens is 2. The fraction of sp³-hybridized carbons (Fsp3) is 0.650. The number of benzene rings is 1. The molecule has 1 aromatic rings. The number of esters is 1. The van der Waals surface area contributed by atoms with Crippen LogP contribution in [0.15, 0.2) is 30.3 Å². The maximum atomic E-state index is 12.8. The van der Waals surface area contributed by atoms with Gasteiger partial charge in [-0.1, -0.05) is 36.8 Å². The topological polar surface area (TPSA) is 47.4 Å². The summed E-state index contributed by atoms with van der Waals surface area (Å²) in [6, 6.07) is 9.83. The van der Waals surface area contributed by atoms with Crippen LogP contribution in [0.2, 0.25) is 0 Å². The molecule has 150 valence electrons. The molecule has 1 aromatic carbocycles. The average Bonchev–Trinajstić information content (AvgIpc) is 2.63. The van der Waals surface area contributed by atoms with Crippen molar-refractivity contribution >= 4 is 5.97 Å². The number of hydrogen-bond acceptors (Lipinski definition) is 2. The zero-order chi connectivity index (χ0) is 17.2. The van der Waals surface area contributed by atoms with E-state index in [2.05, 4.69) is 19.2 Å². The van der Waals surface area contributed by atoms with Crippen LogP contribution in [0.3, 0.4) is 0 Å². The van der Waals surface area contributed by atoms with Crippen molar-refractivity contribution in [3.8, 4) is 0 Å². The largest absolute Gasteiger partial charge is 1.00 e. The first-order valence-corrected chi connectivity index (χ1v) is 9.66. The Bertz CT molecular complexity index is 478. The van der Waals surface area contributed by atoms with E-state index < -0.39 is 0 Å². The summed E-state index contributed by atoms with van der Waals surface area (Å²) in [5.41, 5.74) is 1.05. The number of likely N-dealkylation sites (N-methyl/N-ethyl adjacent to an activating group) is 1. The number of rotatable bonds is 9. The summed E-state index contributed by atoms with van der Waals surface area (Å²) in [6.45, 7) is 8.71. The summed E-state index contributed by atoms with van der Waals surface area (Å²) in [4.78, 5) is 14.3. The molecule has 0 spiro atoms. The second-order valence-corrected chi connectivity index (χ2v) is 6.82. The molecule has 26 heavy (non-hydrogen) atoms. The van der Waals surface area contributed by atoms with E-state index in [1.807, 2.05) is 30.3 Å². The molecular weight excluding hydrogens is 371 g/mol. The van der Waals surface area contributed by atoms with Crippen molar-refractivity contribution in [1.29, 1.82) is 0 Å². The lowest BCUT2D eigenvalue weighted by atomic mass is 9.97. The Hall–Kier alpha value is -0.810. The van der Waals surface area contributed by atoms with Gasteiger partial charge in [0.1, 0.15) is 19.2 Å². The molecule has 0 amide bonds. The third-order valence-corrected chi connectivity index (χ3v) is 5.15. The van der Waals surface area contributed by atoms with Crippen molar-refractivity contribution in [1.82, 2.24) is 0 Å². The molecule has 2 rings (SSSR count). The average molecular weight is 405 g/mol. The molecule has 3 N–H and O–H groups in total. The molecular formula is C20H34Cl2N2O2. The highest BCUT2D eigenvalue weighted by molar-refractivity contribution is 5.76. The lowest BCUT2D eigenvalue weighted by Crippen LogP contribution is -3.14. The van der Waals surface area contributed by atoms with E-state index >= 15 is 0 Å². The Morgan fingerprint density at radius 3 is 2.31 bits per heavy atom. The number of hydrogen-bond donors (Lipinski definition) is 2. The summed E-state index contributed by atoms with van der Waals surface area (Å²) in [5, 5.41) is 2.16. The molecule has 0 bridgehead atoms. The lowest BCUT2D eigenvalue weighted by Gasteiger charge is -2.24. The predicted octanol–water partition coefficient (Wildman–Crippen LogP) is -4.90. The molecule has 1 fully saturated rings. The van der Waals surface area contributed by atoms with Gasteiger partial charge in [-0.3, -0.25) is 0 Å². The minimum Gasteiger partial charge on any atom is -1.00 e. The van der Waals surface area contributed by atoms with Crippen LogP contribution in [-0.4, -0.2) is 38.3 Å². The van der Waals surface area contributed by atoms with Crippen molar-refractivity contribution in [3.05, 3.63) is 35.9 Å². The quantitative estimate of drug-likeness (QED) is 0.405. The highest BCUT2D eigenvalue weighted by Gasteiger charge is 2.29. The molecule has 6 heteroatoms. The molecule has 0 radical (unpaired) electrons. The molecule has 0 heterocycles. The zero-order valence-corrected chi connectivity index (χ0v) is 17.6. The van der Waals surface area contributed by atoms with Gasteiger partial charge in [0.25, 0.3) is 0 Å². The van der Waals surface area contributed by atoms with E-state index in [1.54, 1.807) is 4.90 Å². The Labute approximate surface area is 170 Å². The van der Waals surface area contributed by atoms with E-state index in [9.17, 15) is 4.79 Å². The van der Waals surface area contributed by atoms with Gasteiger partial charge < -0.3 is 39.8 Å². The van der Waals surface area contributed by atoms with Crippen LogP contribution < -0.4 is 35.0 Å². The van der Waals surface area contributed by atoms with Crippen molar-refractivity contribution < 1.29 is 44.6 Å². The van der Waals surface area contributed by atoms with Gasteiger partial charge in [-0.2, -0.15) is 0 Å². The number of ether oxygens (including phenoxy) is 1. The van der Waals surface area contributed by atoms with Gasteiger partial charge in [0.2, 0.25) is 6.04 Å². The van der Waals surface area contributed by atoms with Crippen LogP contribution in [0.1, 0.15) is 57.6 Å². The maximum absolute atomic E-state index is 12.8. The standard InChI is InChI=1S/C20H32N2O2.2ClH/c1-3-22(4-2)16-15-21-19(17-11-7-5-8-12-17)20(23)24-18-13-9-6-10-14-18;;/h5,7-8,11-12,18-19,21H,3-4,6,9-10,13-16H2,1-2H3;2*1H. The van der Waals surface area contributed by atoms with Gasteiger partial charge in [0, 0.05) is 5.56 Å². The highest BCUT2D eigenvalue weighted by Crippen LogP contribution is 2.22. The van der Waals surface area contributed by atoms with Crippen LogP contribution in [0.4, 0.5) is 0 Å². The maximum Gasteiger partial charge on any atom is 0.370 e. The van der Waals surface area contributed by atoms with Crippen LogP contribution in [0.25, 0.3) is 0 Å². The SMILES string of the molecule is CC[NH+](CC)CC[NH2+]C(C(=O)OC1CCCCC1)c1ccccc1.[Cl-].[Cl-]. The Kier molecular flexibility index (Phi) is 13.8. The van der Waals surface area contributed by atoms with Crippen molar-refractivity contribution in [3.63, 3.8) is 0 Å². The lowest BCUT2D eigenvalue weighted by molar-refractivity contribution is -0.910. The van der Waals surface area contributed by atoms with E-state index in [1.165, 1.54) is 19.3 Å².